The number of rotatable bonds is 8. The van der Waals surface area contributed by atoms with E-state index in [4.69, 9.17) is 14.2 Å². The third-order valence-electron chi connectivity index (χ3n) is 6.92. The molecule has 7 heteroatoms. The maximum atomic E-state index is 14.5. The maximum absolute atomic E-state index is 14.5. The lowest BCUT2D eigenvalue weighted by Crippen LogP contribution is -2.50. The summed E-state index contributed by atoms with van der Waals surface area (Å²) < 4.78 is 30.9. The van der Waals surface area contributed by atoms with Crippen LogP contribution in [-0.4, -0.2) is 74.9 Å². The number of methoxy groups -OCH3 is 2. The van der Waals surface area contributed by atoms with E-state index >= 15 is 0 Å². The summed E-state index contributed by atoms with van der Waals surface area (Å²) in [4.78, 5) is 18.1. The monoisotopic (exact) mass is 482 g/mol. The molecular weight excluding hydrogens is 447 g/mol. The van der Waals surface area contributed by atoms with E-state index in [2.05, 4.69) is 4.90 Å². The number of amides is 1. The number of nitrogens with zero attached hydrogens (tertiary/aromatic N) is 2. The number of hydrogen-bond acceptors (Lipinski definition) is 5. The minimum absolute atomic E-state index is 0.0835. The van der Waals surface area contributed by atoms with Crippen LogP contribution in [0.4, 0.5) is 4.39 Å². The van der Waals surface area contributed by atoms with Crippen molar-refractivity contribution in [2.24, 2.45) is 0 Å². The molecule has 2 heterocycles. The molecule has 6 nitrogen and oxygen atoms in total. The van der Waals surface area contributed by atoms with Gasteiger partial charge >= 0.3 is 0 Å². The largest absolute Gasteiger partial charge is 0.493 e. The Morgan fingerprint density at radius 1 is 1.17 bits per heavy atom. The van der Waals surface area contributed by atoms with Gasteiger partial charge in [0.15, 0.2) is 11.5 Å². The standard InChI is InChI=1S/C28H35FN2O4/c1-19-5-6-21(25(29)14-19)13-20(2)16-30(17-23-8-9-24-18-35-12-11-31(23)24)28(32)22-7-10-26(33-3)27(15-22)34-4/h5-7,10,13-15,23-24H,8-9,11-12,16-18H2,1-4H3/b20-13+. The fraction of sp³-hybridized carbons (Fsp3) is 0.464. The number of halogens is 1. The number of carbonyl (C=O) groups excluding carboxylic acids is 1. The van der Waals surface area contributed by atoms with Gasteiger partial charge in [-0.3, -0.25) is 9.69 Å². The average Bonchev–Trinajstić information content (AvgIpc) is 3.27. The molecule has 0 aliphatic carbocycles. The van der Waals surface area contributed by atoms with Crippen molar-refractivity contribution in [3.8, 4) is 11.5 Å². The zero-order valence-corrected chi connectivity index (χ0v) is 21.1. The molecule has 188 valence electrons. The molecule has 2 aromatic rings. The maximum Gasteiger partial charge on any atom is 0.254 e. The number of ether oxygens (including phenoxy) is 3. The first-order chi connectivity index (χ1) is 16.9. The molecule has 1 amide bonds. The van der Waals surface area contributed by atoms with Crippen LogP contribution >= 0.6 is 0 Å². The first-order valence-corrected chi connectivity index (χ1v) is 12.2. The normalized spacial score (nSPS) is 20.4. The van der Waals surface area contributed by atoms with Crippen molar-refractivity contribution in [2.75, 3.05) is 47.1 Å². The van der Waals surface area contributed by atoms with Crippen LogP contribution in [-0.2, 0) is 4.74 Å². The van der Waals surface area contributed by atoms with Gasteiger partial charge in [0, 0.05) is 42.8 Å². The molecule has 2 aliphatic heterocycles. The van der Waals surface area contributed by atoms with E-state index in [-0.39, 0.29) is 17.8 Å². The second kappa shape index (κ2) is 11.2. The topological polar surface area (TPSA) is 51.2 Å². The summed E-state index contributed by atoms with van der Waals surface area (Å²) in [5.41, 5.74) is 2.86. The molecule has 0 radical (unpaired) electrons. The van der Waals surface area contributed by atoms with Crippen molar-refractivity contribution in [2.45, 2.75) is 38.8 Å². The molecular formula is C28H35FN2O4. The lowest BCUT2D eigenvalue weighted by molar-refractivity contribution is -0.00703. The Bertz CT molecular complexity index is 1090. The smallest absolute Gasteiger partial charge is 0.254 e. The summed E-state index contributed by atoms with van der Waals surface area (Å²) >= 11 is 0. The summed E-state index contributed by atoms with van der Waals surface area (Å²) in [7, 11) is 3.13. The van der Waals surface area contributed by atoms with Gasteiger partial charge in [0.1, 0.15) is 5.82 Å². The Kier molecular flexibility index (Phi) is 8.08. The number of aryl methyl sites for hydroxylation is 1. The highest BCUT2D eigenvalue weighted by atomic mass is 19.1. The van der Waals surface area contributed by atoms with E-state index in [1.807, 2.05) is 30.9 Å². The van der Waals surface area contributed by atoms with Crippen LogP contribution in [0.5, 0.6) is 11.5 Å². The molecule has 0 aromatic heterocycles. The van der Waals surface area contributed by atoms with Crippen molar-refractivity contribution >= 4 is 12.0 Å². The molecule has 2 unspecified atom stereocenters. The van der Waals surface area contributed by atoms with Gasteiger partial charge < -0.3 is 19.1 Å². The van der Waals surface area contributed by atoms with Gasteiger partial charge in [-0.2, -0.15) is 0 Å². The summed E-state index contributed by atoms with van der Waals surface area (Å²) in [6, 6.07) is 11.1. The molecule has 4 rings (SSSR count). The van der Waals surface area contributed by atoms with Gasteiger partial charge in [0.25, 0.3) is 5.91 Å². The van der Waals surface area contributed by atoms with Crippen molar-refractivity contribution in [1.29, 1.82) is 0 Å². The highest BCUT2D eigenvalue weighted by molar-refractivity contribution is 5.95. The van der Waals surface area contributed by atoms with E-state index in [9.17, 15) is 9.18 Å². The third-order valence-corrected chi connectivity index (χ3v) is 6.92. The van der Waals surface area contributed by atoms with Crippen LogP contribution < -0.4 is 9.47 Å². The third kappa shape index (κ3) is 5.85. The number of morpholine rings is 1. The number of benzene rings is 2. The molecule has 2 fully saturated rings. The number of fused-ring (bicyclic) bond motifs is 1. The number of hydrogen-bond donors (Lipinski definition) is 0. The van der Waals surface area contributed by atoms with Crippen molar-refractivity contribution in [3.63, 3.8) is 0 Å². The predicted octanol–water partition coefficient (Wildman–Crippen LogP) is 4.56. The van der Waals surface area contributed by atoms with Crippen molar-refractivity contribution < 1.29 is 23.4 Å². The molecule has 0 saturated carbocycles. The van der Waals surface area contributed by atoms with E-state index in [1.54, 1.807) is 38.5 Å². The SMILES string of the molecule is COc1ccc(C(=O)N(C/C(C)=C/c2ccc(C)cc2F)CC2CCC3COCCN32)cc1OC. The van der Waals surface area contributed by atoms with E-state index in [0.29, 0.717) is 41.8 Å². The fourth-order valence-electron chi connectivity index (χ4n) is 5.13. The first kappa shape index (κ1) is 25.2. The summed E-state index contributed by atoms with van der Waals surface area (Å²) in [5.74, 6) is 0.753. The molecule has 0 spiro atoms. The zero-order chi connectivity index (χ0) is 24.9. The Labute approximate surface area is 207 Å². The van der Waals surface area contributed by atoms with Crippen LogP contribution in [0.15, 0.2) is 42.0 Å². The average molecular weight is 483 g/mol. The Balaban J connectivity index is 1.60. The van der Waals surface area contributed by atoms with Crippen LogP contribution in [0, 0.1) is 12.7 Å². The van der Waals surface area contributed by atoms with E-state index in [0.717, 1.165) is 43.7 Å². The molecule has 2 aromatic carbocycles. The minimum Gasteiger partial charge on any atom is -0.493 e. The van der Waals surface area contributed by atoms with Crippen LogP contribution in [0.3, 0.4) is 0 Å². The minimum atomic E-state index is -0.255. The first-order valence-electron chi connectivity index (χ1n) is 12.2. The molecule has 0 bridgehead atoms. The van der Waals surface area contributed by atoms with Gasteiger partial charge in [-0.05, 0) is 56.5 Å². The Morgan fingerprint density at radius 3 is 2.71 bits per heavy atom. The summed E-state index contributed by atoms with van der Waals surface area (Å²) in [5, 5.41) is 0. The molecule has 0 N–H and O–H groups in total. The van der Waals surface area contributed by atoms with Gasteiger partial charge in [0.05, 0.1) is 27.4 Å². The highest BCUT2D eigenvalue weighted by Gasteiger charge is 2.37. The van der Waals surface area contributed by atoms with E-state index in [1.165, 1.54) is 6.07 Å². The van der Waals surface area contributed by atoms with Crippen LogP contribution in [0.25, 0.3) is 6.08 Å². The van der Waals surface area contributed by atoms with Crippen molar-refractivity contribution in [1.82, 2.24) is 9.80 Å². The molecule has 35 heavy (non-hydrogen) atoms. The highest BCUT2D eigenvalue weighted by Crippen LogP contribution is 2.30. The molecule has 2 saturated heterocycles. The Hall–Kier alpha value is -2.90. The summed E-state index contributed by atoms with van der Waals surface area (Å²) in [6.07, 6.45) is 3.93. The van der Waals surface area contributed by atoms with Gasteiger partial charge in [-0.1, -0.05) is 23.8 Å². The fourth-order valence-corrected chi connectivity index (χ4v) is 5.13. The number of carbonyl (C=O) groups is 1. The molecule has 2 aliphatic rings. The van der Waals surface area contributed by atoms with Gasteiger partial charge in [-0.15, -0.1) is 0 Å². The van der Waals surface area contributed by atoms with Crippen LogP contribution in [0.2, 0.25) is 0 Å². The van der Waals surface area contributed by atoms with Gasteiger partial charge in [0.2, 0.25) is 0 Å². The second-order valence-electron chi connectivity index (χ2n) is 9.47. The zero-order valence-electron chi connectivity index (χ0n) is 21.1. The predicted molar refractivity (Wildman–Crippen MR) is 135 cm³/mol. The molecule has 2 atom stereocenters. The van der Waals surface area contributed by atoms with Gasteiger partial charge in [-0.25, -0.2) is 4.39 Å². The van der Waals surface area contributed by atoms with Crippen molar-refractivity contribution in [3.05, 3.63) is 64.5 Å². The lowest BCUT2D eigenvalue weighted by atomic mass is 10.1. The summed E-state index contributed by atoms with van der Waals surface area (Å²) in [6.45, 7) is 7.19. The lowest BCUT2D eigenvalue weighted by Gasteiger charge is -2.36. The second-order valence-corrected chi connectivity index (χ2v) is 9.47. The van der Waals surface area contributed by atoms with Crippen LogP contribution in [0.1, 0.15) is 41.3 Å². The van der Waals surface area contributed by atoms with E-state index < -0.39 is 0 Å². The Morgan fingerprint density at radius 2 is 1.97 bits per heavy atom. The quantitative estimate of drug-likeness (QED) is 0.552.